The topological polar surface area (TPSA) is 84.0 Å². The van der Waals surface area contributed by atoms with Gasteiger partial charge in [0.15, 0.2) is 0 Å². The van der Waals surface area contributed by atoms with Crippen molar-refractivity contribution < 1.29 is 9.59 Å². The van der Waals surface area contributed by atoms with Crippen LogP contribution in [0.2, 0.25) is 5.15 Å². The third-order valence-corrected chi connectivity index (χ3v) is 3.02. The number of aromatic nitrogens is 2. The lowest BCUT2D eigenvalue weighted by Crippen LogP contribution is -2.19. The average Bonchev–Trinajstić information content (AvgIpc) is 2.49. The van der Waals surface area contributed by atoms with Crippen molar-refractivity contribution in [1.29, 1.82) is 0 Å². The minimum absolute atomic E-state index is 0.143. The van der Waals surface area contributed by atoms with Gasteiger partial charge in [0.25, 0.3) is 11.8 Å². The summed E-state index contributed by atoms with van der Waals surface area (Å²) in [6.07, 6.45) is 2.58. The van der Waals surface area contributed by atoms with Crippen LogP contribution in [-0.2, 0) is 0 Å². The molecule has 0 fully saturated rings. The fraction of sp³-hybridized carbons (Fsp3) is 0.143. The Labute approximate surface area is 126 Å². The highest BCUT2D eigenvalue weighted by Gasteiger charge is 2.12. The summed E-state index contributed by atoms with van der Waals surface area (Å²) in [4.78, 5) is 31.4. The predicted molar refractivity (Wildman–Crippen MR) is 79.6 cm³/mol. The second kappa shape index (κ2) is 6.32. The number of benzene rings is 1. The predicted octanol–water partition coefficient (Wildman–Crippen LogP) is 2.05. The molecule has 1 heterocycles. The SMILES string of the molecule is CNC(=O)c1ccc(C)c(NC(=O)c2cnc(Cl)cn2)c1. The zero-order valence-corrected chi connectivity index (χ0v) is 12.2. The van der Waals surface area contributed by atoms with Crippen LogP contribution in [0.5, 0.6) is 0 Å². The molecule has 0 saturated heterocycles. The lowest BCUT2D eigenvalue weighted by atomic mass is 10.1. The number of carbonyl (C=O) groups excluding carboxylic acids is 2. The summed E-state index contributed by atoms with van der Waals surface area (Å²) in [5.41, 5.74) is 1.97. The van der Waals surface area contributed by atoms with Gasteiger partial charge in [-0.25, -0.2) is 9.97 Å². The van der Waals surface area contributed by atoms with Gasteiger partial charge in [0.1, 0.15) is 10.8 Å². The Morgan fingerprint density at radius 1 is 1.14 bits per heavy atom. The molecule has 2 aromatic rings. The van der Waals surface area contributed by atoms with Crippen LogP contribution in [-0.4, -0.2) is 28.8 Å². The molecule has 2 amide bonds. The van der Waals surface area contributed by atoms with Gasteiger partial charge in [-0.05, 0) is 24.6 Å². The van der Waals surface area contributed by atoms with Crippen molar-refractivity contribution in [3.05, 3.63) is 52.6 Å². The van der Waals surface area contributed by atoms with E-state index in [0.717, 1.165) is 5.56 Å². The standard InChI is InChI=1S/C14H13ClN4O2/c1-8-3-4-9(13(20)16-2)5-10(8)19-14(21)11-6-18-12(15)7-17-11/h3-7H,1-2H3,(H,16,20)(H,19,21). The van der Waals surface area contributed by atoms with Gasteiger partial charge in [-0.2, -0.15) is 0 Å². The number of hydrogen-bond donors (Lipinski definition) is 2. The summed E-state index contributed by atoms with van der Waals surface area (Å²) < 4.78 is 0. The third kappa shape index (κ3) is 3.55. The summed E-state index contributed by atoms with van der Waals surface area (Å²) in [5.74, 6) is -0.645. The van der Waals surface area contributed by atoms with Crippen LogP contribution >= 0.6 is 11.6 Å². The number of aryl methyl sites for hydroxylation is 1. The molecule has 2 N–H and O–H groups in total. The first-order valence-electron chi connectivity index (χ1n) is 6.13. The van der Waals surface area contributed by atoms with Crippen molar-refractivity contribution >= 4 is 29.1 Å². The number of amides is 2. The van der Waals surface area contributed by atoms with Crippen molar-refractivity contribution in [1.82, 2.24) is 15.3 Å². The van der Waals surface area contributed by atoms with E-state index >= 15 is 0 Å². The van der Waals surface area contributed by atoms with E-state index in [4.69, 9.17) is 11.6 Å². The van der Waals surface area contributed by atoms with E-state index in [1.807, 2.05) is 6.92 Å². The molecule has 7 heteroatoms. The number of halogens is 1. The van der Waals surface area contributed by atoms with Gasteiger partial charge in [0.05, 0.1) is 12.4 Å². The molecular formula is C14H13ClN4O2. The fourth-order valence-corrected chi connectivity index (χ4v) is 1.76. The van der Waals surface area contributed by atoms with E-state index in [9.17, 15) is 9.59 Å². The maximum atomic E-state index is 12.1. The highest BCUT2D eigenvalue weighted by molar-refractivity contribution is 6.29. The van der Waals surface area contributed by atoms with Crippen LogP contribution < -0.4 is 10.6 Å². The van der Waals surface area contributed by atoms with E-state index in [-0.39, 0.29) is 16.8 Å². The highest BCUT2D eigenvalue weighted by Crippen LogP contribution is 2.17. The number of carbonyl (C=O) groups is 2. The molecule has 0 bridgehead atoms. The monoisotopic (exact) mass is 304 g/mol. The van der Waals surface area contributed by atoms with Crippen LogP contribution in [0.4, 0.5) is 5.69 Å². The molecule has 0 unspecified atom stereocenters. The molecule has 1 aromatic heterocycles. The third-order valence-electron chi connectivity index (χ3n) is 2.83. The summed E-state index contributed by atoms with van der Waals surface area (Å²) in [6.45, 7) is 1.83. The van der Waals surface area contributed by atoms with Crippen molar-refractivity contribution in [3.63, 3.8) is 0 Å². The second-order valence-electron chi connectivity index (χ2n) is 4.29. The molecule has 2 rings (SSSR count). The molecular weight excluding hydrogens is 292 g/mol. The Balaban J connectivity index is 2.24. The van der Waals surface area contributed by atoms with Crippen LogP contribution in [0, 0.1) is 6.92 Å². The van der Waals surface area contributed by atoms with E-state index in [0.29, 0.717) is 11.3 Å². The van der Waals surface area contributed by atoms with Gasteiger partial charge in [-0.3, -0.25) is 9.59 Å². The summed E-state index contributed by atoms with van der Waals surface area (Å²) >= 11 is 5.62. The Morgan fingerprint density at radius 2 is 1.90 bits per heavy atom. The van der Waals surface area contributed by atoms with Crippen LogP contribution in [0.25, 0.3) is 0 Å². The Kier molecular flexibility index (Phi) is 4.49. The maximum Gasteiger partial charge on any atom is 0.275 e. The first-order chi connectivity index (χ1) is 10.0. The van der Waals surface area contributed by atoms with E-state index in [1.54, 1.807) is 25.2 Å². The van der Waals surface area contributed by atoms with Gasteiger partial charge in [0.2, 0.25) is 0 Å². The molecule has 108 valence electrons. The average molecular weight is 305 g/mol. The number of anilines is 1. The van der Waals surface area contributed by atoms with Gasteiger partial charge >= 0.3 is 0 Å². The largest absolute Gasteiger partial charge is 0.355 e. The molecule has 0 spiro atoms. The van der Waals surface area contributed by atoms with Gasteiger partial charge in [-0.15, -0.1) is 0 Å². The molecule has 1 aromatic carbocycles. The zero-order chi connectivity index (χ0) is 15.4. The summed E-state index contributed by atoms with van der Waals surface area (Å²) in [6, 6.07) is 5.05. The minimum atomic E-state index is -0.420. The van der Waals surface area contributed by atoms with Crippen LogP contribution in [0.1, 0.15) is 26.4 Å². The molecule has 0 aliphatic heterocycles. The summed E-state index contributed by atoms with van der Waals surface area (Å²) in [5, 5.41) is 5.44. The molecule has 6 nitrogen and oxygen atoms in total. The Morgan fingerprint density at radius 3 is 2.52 bits per heavy atom. The van der Waals surface area contributed by atoms with Gasteiger partial charge in [-0.1, -0.05) is 17.7 Å². The first-order valence-corrected chi connectivity index (χ1v) is 6.50. The first kappa shape index (κ1) is 14.9. The molecule has 21 heavy (non-hydrogen) atoms. The number of nitrogens with one attached hydrogen (secondary N) is 2. The molecule has 0 aliphatic carbocycles. The number of hydrogen-bond acceptors (Lipinski definition) is 4. The smallest absolute Gasteiger partial charge is 0.275 e. The highest BCUT2D eigenvalue weighted by atomic mass is 35.5. The Hall–Kier alpha value is -2.47. The van der Waals surface area contributed by atoms with Crippen molar-refractivity contribution in [3.8, 4) is 0 Å². The van der Waals surface area contributed by atoms with E-state index < -0.39 is 5.91 Å². The quantitative estimate of drug-likeness (QED) is 0.909. The number of nitrogens with zero attached hydrogens (tertiary/aromatic N) is 2. The Bertz CT molecular complexity index is 686. The van der Waals surface area contributed by atoms with Crippen LogP contribution in [0.15, 0.2) is 30.6 Å². The normalized spacial score (nSPS) is 10.0. The van der Waals surface area contributed by atoms with E-state index in [2.05, 4.69) is 20.6 Å². The van der Waals surface area contributed by atoms with Gasteiger partial charge in [0, 0.05) is 18.3 Å². The lowest BCUT2D eigenvalue weighted by Gasteiger charge is -2.09. The van der Waals surface area contributed by atoms with Gasteiger partial charge < -0.3 is 10.6 Å². The van der Waals surface area contributed by atoms with E-state index in [1.165, 1.54) is 12.4 Å². The second-order valence-corrected chi connectivity index (χ2v) is 4.67. The molecule has 0 aliphatic rings. The van der Waals surface area contributed by atoms with Crippen molar-refractivity contribution in [2.45, 2.75) is 6.92 Å². The molecule has 0 saturated carbocycles. The maximum absolute atomic E-state index is 12.1. The summed E-state index contributed by atoms with van der Waals surface area (Å²) in [7, 11) is 1.55. The van der Waals surface area contributed by atoms with Crippen molar-refractivity contribution in [2.75, 3.05) is 12.4 Å². The molecule has 0 radical (unpaired) electrons. The zero-order valence-electron chi connectivity index (χ0n) is 11.5. The minimum Gasteiger partial charge on any atom is -0.355 e. The van der Waals surface area contributed by atoms with Crippen molar-refractivity contribution in [2.24, 2.45) is 0 Å². The van der Waals surface area contributed by atoms with Crippen LogP contribution in [0.3, 0.4) is 0 Å². The number of rotatable bonds is 3. The lowest BCUT2D eigenvalue weighted by molar-refractivity contribution is 0.0961. The molecule has 0 atom stereocenters. The fourth-order valence-electron chi connectivity index (χ4n) is 1.66.